The van der Waals surface area contributed by atoms with Crippen LogP contribution in [0.2, 0.25) is 5.02 Å². The second kappa shape index (κ2) is 6.65. The van der Waals surface area contributed by atoms with Crippen molar-refractivity contribution in [2.24, 2.45) is 0 Å². The molecule has 0 aliphatic heterocycles. The van der Waals surface area contributed by atoms with Crippen LogP contribution in [-0.2, 0) is 16.6 Å². The van der Waals surface area contributed by atoms with Gasteiger partial charge in [-0.15, -0.1) is 0 Å². The van der Waals surface area contributed by atoms with Crippen LogP contribution in [0.5, 0.6) is 0 Å². The van der Waals surface area contributed by atoms with Crippen molar-refractivity contribution in [2.45, 2.75) is 63.6 Å². The molecule has 1 atom stereocenters. The second-order valence-electron chi connectivity index (χ2n) is 5.77. The van der Waals surface area contributed by atoms with Gasteiger partial charge in [0.05, 0.1) is 4.90 Å². The van der Waals surface area contributed by atoms with Gasteiger partial charge in [-0.1, -0.05) is 18.5 Å². The number of benzene rings is 1. The van der Waals surface area contributed by atoms with Crippen LogP contribution in [0.25, 0.3) is 0 Å². The summed E-state index contributed by atoms with van der Waals surface area (Å²) in [5.41, 5.74) is 1.71. The van der Waals surface area contributed by atoms with E-state index in [-0.39, 0.29) is 10.9 Å². The summed E-state index contributed by atoms with van der Waals surface area (Å²) in [5, 5.41) is 3.85. The van der Waals surface area contributed by atoms with E-state index in [2.05, 4.69) is 10.0 Å². The van der Waals surface area contributed by atoms with Crippen molar-refractivity contribution < 1.29 is 8.42 Å². The smallest absolute Gasteiger partial charge is 0.241 e. The molecule has 0 bridgehead atoms. The average molecular weight is 331 g/mol. The van der Waals surface area contributed by atoms with Gasteiger partial charge in [0, 0.05) is 23.7 Å². The predicted molar refractivity (Wildman–Crippen MR) is 86.1 cm³/mol. The van der Waals surface area contributed by atoms with Crippen molar-refractivity contribution >= 4 is 21.6 Å². The van der Waals surface area contributed by atoms with Crippen LogP contribution in [0.1, 0.15) is 44.2 Å². The maximum Gasteiger partial charge on any atom is 0.241 e. The quantitative estimate of drug-likeness (QED) is 0.808. The lowest BCUT2D eigenvalue weighted by atomic mass is 10.1. The minimum Gasteiger partial charge on any atom is -0.310 e. The molecule has 0 amide bonds. The van der Waals surface area contributed by atoms with Crippen molar-refractivity contribution in [1.29, 1.82) is 0 Å². The number of halogens is 1. The zero-order valence-electron chi connectivity index (χ0n) is 12.7. The monoisotopic (exact) mass is 330 g/mol. The van der Waals surface area contributed by atoms with Crippen LogP contribution in [0, 0.1) is 6.92 Å². The maximum absolute atomic E-state index is 12.5. The van der Waals surface area contributed by atoms with E-state index in [4.69, 9.17) is 11.6 Å². The molecular formula is C15H23ClN2O2S. The normalized spacial score (nSPS) is 17.0. The Kier molecular flexibility index (Phi) is 5.30. The molecule has 118 valence electrons. The van der Waals surface area contributed by atoms with E-state index in [9.17, 15) is 8.42 Å². The lowest BCUT2D eigenvalue weighted by molar-refractivity contribution is 0.555. The van der Waals surface area contributed by atoms with Gasteiger partial charge in [-0.3, -0.25) is 0 Å². The Morgan fingerprint density at radius 1 is 1.38 bits per heavy atom. The Labute approximate surface area is 132 Å². The highest BCUT2D eigenvalue weighted by molar-refractivity contribution is 7.89. The van der Waals surface area contributed by atoms with E-state index in [0.717, 1.165) is 17.5 Å². The number of rotatable bonds is 7. The summed E-state index contributed by atoms with van der Waals surface area (Å²) in [6.45, 7) is 6.30. The summed E-state index contributed by atoms with van der Waals surface area (Å²) in [6, 6.07) is 3.85. The van der Waals surface area contributed by atoms with Crippen LogP contribution in [0.15, 0.2) is 17.0 Å². The summed E-state index contributed by atoms with van der Waals surface area (Å²) in [6.07, 6.45) is 3.13. The fourth-order valence-electron chi connectivity index (χ4n) is 2.12. The Bertz CT molecular complexity index is 612. The van der Waals surface area contributed by atoms with E-state index in [1.165, 1.54) is 18.9 Å². The van der Waals surface area contributed by atoms with Crippen molar-refractivity contribution in [3.63, 3.8) is 0 Å². The Morgan fingerprint density at radius 2 is 2.05 bits per heavy atom. The molecule has 0 heterocycles. The molecule has 2 rings (SSSR count). The number of hydrogen-bond donors (Lipinski definition) is 2. The highest BCUT2D eigenvalue weighted by atomic mass is 35.5. The minimum absolute atomic E-state index is 0.0959. The fraction of sp³-hybridized carbons (Fsp3) is 0.600. The predicted octanol–water partition coefficient (Wildman–Crippen LogP) is 2.98. The van der Waals surface area contributed by atoms with Gasteiger partial charge in [0.15, 0.2) is 0 Å². The van der Waals surface area contributed by atoms with E-state index in [1.54, 1.807) is 0 Å². The SMILES string of the molecule is CCC(C)NS(=O)(=O)c1cc(Cl)cc(CNC2CC2)c1C. The number of hydrogen-bond acceptors (Lipinski definition) is 3. The van der Waals surface area contributed by atoms with Gasteiger partial charge < -0.3 is 5.32 Å². The van der Waals surface area contributed by atoms with Gasteiger partial charge in [-0.2, -0.15) is 0 Å². The molecule has 1 aromatic carbocycles. The highest BCUT2D eigenvalue weighted by Gasteiger charge is 2.23. The third kappa shape index (κ3) is 4.42. The first-order chi connectivity index (χ1) is 9.83. The molecule has 21 heavy (non-hydrogen) atoms. The number of nitrogens with one attached hydrogen (secondary N) is 2. The van der Waals surface area contributed by atoms with Crippen LogP contribution in [-0.4, -0.2) is 20.5 Å². The largest absolute Gasteiger partial charge is 0.310 e. The van der Waals surface area contributed by atoms with E-state index in [1.807, 2.05) is 26.8 Å². The van der Waals surface area contributed by atoms with Gasteiger partial charge in [-0.25, -0.2) is 13.1 Å². The Morgan fingerprint density at radius 3 is 2.62 bits per heavy atom. The summed E-state index contributed by atoms with van der Waals surface area (Å²) >= 11 is 6.11. The molecule has 1 unspecified atom stereocenters. The zero-order chi connectivity index (χ0) is 15.6. The molecule has 1 aliphatic carbocycles. The Hall–Kier alpha value is -0.620. The first kappa shape index (κ1) is 16.7. The van der Waals surface area contributed by atoms with E-state index in [0.29, 0.717) is 17.6 Å². The standard InChI is InChI=1S/C15H23ClN2O2S/c1-4-10(2)18-21(19,20)15-8-13(16)7-12(11(15)3)9-17-14-5-6-14/h7-8,10,14,17-18H,4-6,9H2,1-3H3. The molecular weight excluding hydrogens is 308 g/mol. The summed E-state index contributed by atoms with van der Waals surface area (Å²) in [4.78, 5) is 0.280. The molecule has 0 saturated heterocycles. The molecule has 6 heteroatoms. The lowest BCUT2D eigenvalue weighted by Crippen LogP contribution is -2.32. The van der Waals surface area contributed by atoms with Gasteiger partial charge in [0.2, 0.25) is 10.0 Å². The van der Waals surface area contributed by atoms with Crippen molar-refractivity contribution in [1.82, 2.24) is 10.0 Å². The van der Waals surface area contributed by atoms with Crippen LogP contribution in [0.3, 0.4) is 0 Å². The zero-order valence-corrected chi connectivity index (χ0v) is 14.3. The van der Waals surface area contributed by atoms with Crippen molar-refractivity contribution in [3.05, 3.63) is 28.3 Å². The highest BCUT2D eigenvalue weighted by Crippen LogP contribution is 2.26. The first-order valence-electron chi connectivity index (χ1n) is 7.38. The maximum atomic E-state index is 12.5. The fourth-order valence-corrected chi connectivity index (χ4v) is 4.07. The van der Waals surface area contributed by atoms with E-state index < -0.39 is 10.0 Å². The number of sulfonamides is 1. The molecule has 1 saturated carbocycles. The van der Waals surface area contributed by atoms with Crippen molar-refractivity contribution in [2.75, 3.05) is 0 Å². The van der Waals surface area contributed by atoms with Gasteiger partial charge >= 0.3 is 0 Å². The molecule has 1 aliphatic rings. The summed E-state index contributed by atoms with van der Waals surface area (Å²) in [5.74, 6) is 0. The van der Waals surface area contributed by atoms with Gasteiger partial charge in [-0.05, 0) is 56.4 Å². The molecule has 2 N–H and O–H groups in total. The molecule has 4 nitrogen and oxygen atoms in total. The minimum atomic E-state index is -3.53. The van der Waals surface area contributed by atoms with Gasteiger partial charge in [0.1, 0.15) is 0 Å². The third-order valence-corrected chi connectivity index (χ3v) is 5.78. The summed E-state index contributed by atoms with van der Waals surface area (Å²) < 4.78 is 27.7. The molecule has 0 spiro atoms. The second-order valence-corrected chi connectivity index (χ2v) is 7.89. The van der Waals surface area contributed by atoms with Gasteiger partial charge in [0.25, 0.3) is 0 Å². The molecule has 0 radical (unpaired) electrons. The third-order valence-electron chi connectivity index (χ3n) is 3.85. The molecule has 0 aromatic heterocycles. The Balaban J connectivity index is 2.29. The lowest BCUT2D eigenvalue weighted by Gasteiger charge is -2.16. The molecule has 1 fully saturated rings. The average Bonchev–Trinajstić information content (AvgIpc) is 3.22. The molecule has 1 aromatic rings. The summed E-state index contributed by atoms with van der Waals surface area (Å²) in [7, 11) is -3.53. The topological polar surface area (TPSA) is 58.2 Å². The van der Waals surface area contributed by atoms with Crippen LogP contribution >= 0.6 is 11.6 Å². The van der Waals surface area contributed by atoms with Crippen LogP contribution < -0.4 is 10.0 Å². The van der Waals surface area contributed by atoms with Crippen LogP contribution in [0.4, 0.5) is 0 Å². The van der Waals surface area contributed by atoms with E-state index >= 15 is 0 Å². The first-order valence-corrected chi connectivity index (χ1v) is 9.24. The van der Waals surface area contributed by atoms with Crippen molar-refractivity contribution in [3.8, 4) is 0 Å².